The SMILES string of the molecule is CCC(CC)C(=O)N[C@H]1CCN(C(C)C)C1. The minimum absolute atomic E-state index is 0.202. The molecule has 0 aromatic rings. The van der Waals surface area contributed by atoms with Crippen LogP contribution in [0, 0.1) is 5.92 Å². The van der Waals surface area contributed by atoms with E-state index in [1.165, 1.54) is 0 Å². The molecule has 1 aliphatic rings. The van der Waals surface area contributed by atoms with Gasteiger partial charge < -0.3 is 5.32 Å². The lowest BCUT2D eigenvalue weighted by atomic mass is 10.0. The third-order valence-electron chi connectivity index (χ3n) is 3.65. The largest absolute Gasteiger partial charge is 0.352 e. The fraction of sp³-hybridized carbons (Fsp3) is 0.923. The number of hydrogen-bond acceptors (Lipinski definition) is 2. The van der Waals surface area contributed by atoms with Crippen LogP contribution in [0.3, 0.4) is 0 Å². The minimum Gasteiger partial charge on any atom is -0.352 e. The van der Waals surface area contributed by atoms with Crippen LogP contribution in [0.4, 0.5) is 0 Å². The fourth-order valence-corrected chi connectivity index (χ4v) is 2.35. The van der Waals surface area contributed by atoms with E-state index >= 15 is 0 Å². The highest BCUT2D eigenvalue weighted by molar-refractivity contribution is 5.78. The van der Waals surface area contributed by atoms with Gasteiger partial charge in [-0.15, -0.1) is 0 Å². The van der Waals surface area contributed by atoms with E-state index in [0.29, 0.717) is 12.1 Å². The Morgan fingerprint density at radius 3 is 2.44 bits per heavy atom. The zero-order valence-electron chi connectivity index (χ0n) is 11.1. The molecule has 1 aliphatic heterocycles. The Labute approximate surface area is 99.6 Å². The lowest BCUT2D eigenvalue weighted by Gasteiger charge is -2.21. The first-order valence-corrected chi connectivity index (χ1v) is 6.62. The number of carbonyl (C=O) groups excluding carboxylic acids is 1. The molecule has 0 aliphatic carbocycles. The van der Waals surface area contributed by atoms with Crippen molar-refractivity contribution in [2.75, 3.05) is 13.1 Å². The molecule has 1 saturated heterocycles. The Bertz CT molecular complexity index is 224. The zero-order valence-corrected chi connectivity index (χ0v) is 11.1. The maximum Gasteiger partial charge on any atom is 0.223 e. The van der Waals surface area contributed by atoms with Crippen LogP contribution in [0.15, 0.2) is 0 Å². The first-order chi connectivity index (χ1) is 7.58. The summed E-state index contributed by atoms with van der Waals surface area (Å²) < 4.78 is 0. The summed E-state index contributed by atoms with van der Waals surface area (Å²) in [7, 11) is 0. The van der Waals surface area contributed by atoms with Crippen molar-refractivity contribution in [2.45, 2.75) is 59.0 Å². The molecular formula is C13H26N2O. The number of nitrogens with one attached hydrogen (secondary N) is 1. The van der Waals surface area contributed by atoms with Gasteiger partial charge in [0.1, 0.15) is 0 Å². The van der Waals surface area contributed by atoms with E-state index < -0.39 is 0 Å². The predicted molar refractivity (Wildman–Crippen MR) is 67.3 cm³/mol. The van der Waals surface area contributed by atoms with Gasteiger partial charge in [-0.1, -0.05) is 13.8 Å². The van der Waals surface area contributed by atoms with Crippen molar-refractivity contribution in [1.29, 1.82) is 0 Å². The van der Waals surface area contributed by atoms with Gasteiger partial charge in [0.25, 0.3) is 0 Å². The topological polar surface area (TPSA) is 32.3 Å². The van der Waals surface area contributed by atoms with Crippen molar-refractivity contribution >= 4 is 5.91 Å². The highest BCUT2D eigenvalue weighted by atomic mass is 16.1. The maximum atomic E-state index is 11.9. The van der Waals surface area contributed by atoms with E-state index in [2.05, 4.69) is 37.9 Å². The predicted octanol–water partition coefficient (Wildman–Crippen LogP) is 2.02. The van der Waals surface area contributed by atoms with Gasteiger partial charge in [0.2, 0.25) is 5.91 Å². The molecule has 0 saturated carbocycles. The van der Waals surface area contributed by atoms with Crippen molar-refractivity contribution in [3.05, 3.63) is 0 Å². The van der Waals surface area contributed by atoms with E-state index in [1.807, 2.05) is 0 Å². The molecule has 1 fully saturated rings. The van der Waals surface area contributed by atoms with Gasteiger partial charge in [0.15, 0.2) is 0 Å². The molecule has 0 aromatic heterocycles. The van der Waals surface area contributed by atoms with Crippen LogP contribution in [0.25, 0.3) is 0 Å². The average Bonchev–Trinajstić information content (AvgIpc) is 2.68. The smallest absolute Gasteiger partial charge is 0.223 e. The molecule has 1 rings (SSSR count). The van der Waals surface area contributed by atoms with Gasteiger partial charge in [0, 0.05) is 31.1 Å². The summed E-state index contributed by atoms with van der Waals surface area (Å²) in [5.41, 5.74) is 0. The van der Waals surface area contributed by atoms with Crippen LogP contribution in [0.5, 0.6) is 0 Å². The molecule has 3 nitrogen and oxygen atoms in total. The lowest BCUT2D eigenvalue weighted by molar-refractivity contribution is -0.125. The number of carbonyl (C=O) groups is 1. The number of hydrogen-bond donors (Lipinski definition) is 1. The third kappa shape index (κ3) is 3.48. The zero-order chi connectivity index (χ0) is 12.1. The second-order valence-electron chi connectivity index (χ2n) is 5.10. The van der Waals surface area contributed by atoms with Crippen molar-refractivity contribution in [3.8, 4) is 0 Å². The van der Waals surface area contributed by atoms with Crippen molar-refractivity contribution in [2.24, 2.45) is 5.92 Å². The molecule has 1 amide bonds. The minimum atomic E-state index is 0.202. The molecule has 3 heteroatoms. The Hall–Kier alpha value is -0.570. The molecule has 0 spiro atoms. The molecule has 0 aromatic carbocycles. The number of likely N-dealkylation sites (tertiary alicyclic amines) is 1. The van der Waals surface area contributed by atoms with Gasteiger partial charge in [0.05, 0.1) is 0 Å². The van der Waals surface area contributed by atoms with E-state index in [4.69, 9.17) is 0 Å². The van der Waals surface area contributed by atoms with Gasteiger partial charge in [-0.25, -0.2) is 0 Å². The summed E-state index contributed by atoms with van der Waals surface area (Å²) in [6.07, 6.45) is 3.00. The van der Waals surface area contributed by atoms with Crippen LogP contribution >= 0.6 is 0 Å². The highest BCUT2D eigenvalue weighted by Gasteiger charge is 2.26. The molecular weight excluding hydrogens is 200 g/mol. The van der Waals surface area contributed by atoms with Gasteiger partial charge >= 0.3 is 0 Å². The van der Waals surface area contributed by atoms with Gasteiger partial charge in [-0.3, -0.25) is 9.69 Å². The fourth-order valence-electron chi connectivity index (χ4n) is 2.35. The Balaban J connectivity index is 2.36. The Kier molecular flexibility index (Phi) is 5.26. The van der Waals surface area contributed by atoms with E-state index in [0.717, 1.165) is 32.4 Å². The van der Waals surface area contributed by atoms with Gasteiger partial charge in [-0.05, 0) is 33.1 Å². The molecule has 16 heavy (non-hydrogen) atoms. The summed E-state index contributed by atoms with van der Waals surface area (Å²) in [4.78, 5) is 14.3. The second kappa shape index (κ2) is 6.24. The summed E-state index contributed by atoms with van der Waals surface area (Å²) >= 11 is 0. The first-order valence-electron chi connectivity index (χ1n) is 6.62. The van der Waals surface area contributed by atoms with Crippen LogP contribution in [0.2, 0.25) is 0 Å². The Morgan fingerprint density at radius 1 is 1.38 bits per heavy atom. The summed E-state index contributed by atoms with van der Waals surface area (Å²) in [6.45, 7) is 10.7. The molecule has 1 N–H and O–H groups in total. The van der Waals surface area contributed by atoms with Crippen molar-refractivity contribution < 1.29 is 4.79 Å². The molecule has 94 valence electrons. The molecule has 0 bridgehead atoms. The summed E-state index contributed by atoms with van der Waals surface area (Å²) in [5, 5.41) is 3.19. The van der Waals surface area contributed by atoms with E-state index in [9.17, 15) is 4.79 Å². The van der Waals surface area contributed by atoms with Crippen molar-refractivity contribution in [1.82, 2.24) is 10.2 Å². The monoisotopic (exact) mass is 226 g/mol. The standard InChI is InChI=1S/C13H26N2O/c1-5-11(6-2)13(16)14-12-7-8-15(9-12)10(3)4/h10-12H,5-9H2,1-4H3,(H,14,16)/t12-/m0/s1. The first kappa shape index (κ1) is 13.5. The Morgan fingerprint density at radius 2 is 2.00 bits per heavy atom. The number of nitrogens with zero attached hydrogens (tertiary/aromatic N) is 1. The molecule has 1 atom stereocenters. The summed E-state index contributed by atoms with van der Waals surface area (Å²) in [6, 6.07) is 0.963. The third-order valence-corrected chi connectivity index (χ3v) is 3.65. The molecule has 0 unspecified atom stereocenters. The normalized spacial score (nSPS) is 22.0. The quantitative estimate of drug-likeness (QED) is 0.778. The number of amides is 1. The highest BCUT2D eigenvalue weighted by Crippen LogP contribution is 2.14. The van der Waals surface area contributed by atoms with E-state index in [1.54, 1.807) is 0 Å². The number of rotatable bonds is 5. The lowest BCUT2D eigenvalue weighted by Crippen LogP contribution is -2.41. The van der Waals surface area contributed by atoms with E-state index in [-0.39, 0.29) is 11.8 Å². The van der Waals surface area contributed by atoms with Crippen LogP contribution < -0.4 is 5.32 Å². The maximum absolute atomic E-state index is 11.9. The van der Waals surface area contributed by atoms with Crippen LogP contribution in [-0.2, 0) is 4.79 Å². The molecule has 0 radical (unpaired) electrons. The average molecular weight is 226 g/mol. The molecule has 1 heterocycles. The van der Waals surface area contributed by atoms with Crippen LogP contribution in [-0.4, -0.2) is 36.0 Å². The van der Waals surface area contributed by atoms with Crippen LogP contribution in [0.1, 0.15) is 47.0 Å². The van der Waals surface area contributed by atoms with Crippen molar-refractivity contribution in [3.63, 3.8) is 0 Å². The van der Waals surface area contributed by atoms with Gasteiger partial charge in [-0.2, -0.15) is 0 Å². The summed E-state index contributed by atoms with van der Waals surface area (Å²) in [5.74, 6) is 0.453. The second-order valence-corrected chi connectivity index (χ2v) is 5.10.